The summed E-state index contributed by atoms with van der Waals surface area (Å²) in [5, 5.41) is 18.4. The molecule has 2 heterocycles. The lowest BCUT2D eigenvalue weighted by Crippen LogP contribution is -2.58. The van der Waals surface area contributed by atoms with Gasteiger partial charge in [0.1, 0.15) is 11.1 Å². The van der Waals surface area contributed by atoms with Gasteiger partial charge in [0.05, 0.1) is 5.41 Å². The molecule has 1 saturated carbocycles. The molecule has 0 aromatic heterocycles. The number of fused-ring (bicyclic) bond motifs is 1. The topological polar surface area (TPSA) is 104 Å². The molecular formula is C12H17NO6. The number of carboxylic acids is 2. The summed E-state index contributed by atoms with van der Waals surface area (Å²) in [5.41, 5.74) is -3.30. The van der Waals surface area contributed by atoms with Crippen LogP contribution in [0.4, 0.5) is 4.79 Å². The first-order valence-corrected chi connectivity index (χ1v) is 6.00. The quantitative estimate of drug-likeness (QED) is 0.774. The van der Waals surface area contributed by atoms with E-state index >= 15 is 0 Å². The molecule has 1 amide bonds. The molecule has 7 nitrogen and oxygen atoms in total. The molecule has 2 aliphatic heterocycles. The maximum atomic E-state index is 12.0. The molecule has 19 heavy (non-hydrogen) atoms. The summed E-state index contributed by atoms with van der Waals surface area (Å²) in [7, 11) is 0. The summed E-state index contributed by atoms with van der Waals surface area (Å²) in [6, 6.07) is 0. The minimum absolute atomic E-state index is 0.0517. The van der Waals surface area contributed by atoms with E-state index in [4.69, 9.17) is 9.84 Å². The highest BCUT2D eigenvalue weighted by Crippen LogP contribution is 2.59. The molecule has 0 unspecified atom stereocenters. The van der Waals surface area contributed by atoms with Gasteiger partial charge in [-0.1, -0.05) is 0 Å². The summed E-state index contributed by atoms with van der Waals surface area (Å²) in [4.78, 5) is 35.6. The van der Waals surface area contributed by atoms with Crippen LogP contribution in [-0.2, 0) is 14.3 Å². The fourth-order valence-electron chi connectivity index (χ4n) is 2.87. The fourth-order valence-corrected chi connectivity index (χ4v) is 2.87. The van der Waals surface area contributed by atoms with Crippen molar-refractivity contribution in [1.82, 2.24) is 4.90 Å². The lowest BCUT2D eigenvalue weighted by atomic mass is 9.62. The minimum atomic E-state index is -1.42. The second-order valence-electron chi connectivity index (χ2n) is 6.34. The molecule has 3 aliphatic rings. The van der Waals surface area contributed by atoms with Gasteiger partial charge in [-0.15, -0.1) is 0 Å². The molecule has 0 aromatic rings. The molecule has 0 spiro atoms. The Hall–Kier alpha value is -1.79. The van der Waals surface area contributed by atoms with Crippen molar-refractivity contribution in [2.45, 2.75) is 44.8 Å². The number of carboxylic acid groups (broad SMARTS) is 2. The summed E-state index contributed by atoms with van der Waals surface area (Å²) < 4.78 is 5.15. The predicted octanol–water partition coefficient (Wildman–Crippen LogP) is 0.925. The van der Waals surface area contributed by atoms with Crippen molar-refractivity contribution in [3.05, 3.63) is 0 Å². The third-order valence-electron chi connectivity index (χ3n) is 3.70. The highest BCUT2D eigenvalue weighted by Gasteiger charge is 2.74. The molecule has 3 fully saturated rings. The van der Waals surface area contributed by atoms with E-state index in [9.17, 15) is 19.5 Å². The molecule has 2 saturated heterocycles. The van der Waals surface area contributed by atoms with Crippen LogP contribution in [-0.4, -0.2) is 50.8 Å². The second-order valence-corrected chi connectivity index (χ2v) is 6.34. The van der Waals surface area contributed by atoms with Crippen molar-refractivity contribution < 1.29 is 29.3 Å². The third kappa shape index (κ3) is 1.84. The van der Waals surface area contributed by atoms with E-state index in [2.05, 4.69) is 0 Å². The number of rotatable bonds is 2. The molecular weight excluding hydrogens is 254 g/mol. The molecule has 0 atom stereocenters. The Morgan fingerprint density at radius 2 is 1.63 bits per heavy atom. The number of hydrogen-bond donors (Lipinski definition) is 2. The Bertz CT molecular complexity index is 457. The number of carbonyl (C=O) groups is 3. The fraction of sp³-hybridized carbons (Fsp3) is 0.750. The largest absolute Gasteiger partial charge is 0.481 e. The standard InChI is InChI=1S/C12H17NO6/c1-10(2,3)19-9(18)13-6-11(7(14)15)4-12(13,5-11)8(16)17/h4-6H2,1-3H3,(H,14,15)(H,16,17). The van der Waals surface area contributed by atoms with Gasteiger partial charge in [-0.2, -0.15) is 0 Å². The minimum Gasteiger partial charge on any atom is -0.481 e. The molecule has 2 bridgehead atoms. The summed E-state index contributed by atoms with van der Waals surface area (Å²) in [5.74, 6) is -2.23. The molecule has 2 N–H and O–H groups in total. The Labute approximate surface area is 110 Å². The van der Waals surface area contributed by atoms with Crippen molar-refractivity contribution in [2.24, 2.45) is 5.41 Å². The van der Waals surface area contributed by atoms with E-state index in [1.165, 1.54) is 0 Å². The lowest BCUT2D eigenvalue weighted by molar-refractivity contribution is -0.162. The number of aliphatic carboxylic acids is 2. The average molecular weight is 271 g/mol. The Kier molecular flexibility index (Phi) is 2.59. The number of nitrogens with zero attached hydrogens (tertiary/aromatic N) is 1. The molecule has 1 aliphatic carbocycles. The molecule has 0 radical (unpaired) electrons. The monoisotopic (exact) mass is 271 g/mol. The molecule has 0 aromatic carbocycles. The zero-order valence-electron chi connectivity index (χ0n) is 11.1. The molecule has 7 heteroatoms. The Balaban J connectivity index is 2.24. The zero-order chi connectivity index (χ0) is 14.6. The van der Waals surface area contributed by atoms with Gasteiger partial charge in [-0.3, -0.25) is 9.69 Å². The van der Waals surface area contributed by atoms with Crippen LogP contribution in [0.15, 0.2) is 0 Å². The first-order valence-electron chi connectivity index (χ1n) is 6.00. The Morgan fingerprint density at radius 1 is 1.11 bits per heavy atom. The Morgan fingerprint density at radius 3 is 2.00 bits per heavy atom. The highest BCUT2D eigenvalue weighted by molar-refractivity contribution is 5.93. The van der Waals surface area contributed by atoms with Gasteiger partial charge < -0.3 is 14.9 Å². The van der Waals surface area contributed by atoms with Crippen LogP contribution in [0, 0.1) is 5.41 Å². The molecule has 3 rings (SSSR count). The third-order valence-corrected chi connectivity index (χ3v) is 3.70. The normalized spacial score (nSPS) is 32.7. The van der Waals surface area contributed by atoms with E-state index in [0.717, 1.165) is 4.90 Å². The van der Waals surface area contributed by atoms with Gasteiger partial charge in [0.15, 0.2) is 0 Å². The van der Waals surface area contributed by atoms with Crippen molar-refractivity contribution in [2.75, 3.05) is 6.54 Å². The van der Waals surface area contributed by atoms with Crippen molar-refractivity contribution in [3.8, 4) is 0 Å². The van der Waals surface area contributed by atoms with Crippen LogP contribution in [0.1, 0.15) is 33.6 Å². The van der Waals surface area contributed by atoms with E-state index in [-0.39, 0.29) is 19.4 Å². The predicted molar refractivity (Wildman–Crippen MR) is 62.6 cm³/mol. The van der Waals surface area contributed by atoms with Crippen LogP contribution in [0.5, 0.6) is 0 Å². The number of ether oxygens (including phenoxy) is 1. The number of hydrogen-bond acceptors (Lipinski definition) is 4. The van der Waals surface area contributed by atoms with E-state index < -0.39 is 34.6 Å². The number of amides is 1. The van der Waals surface area contributed by atoms with E-state index in [0.29, 0.717) is 0 Å². The maximum Gasteiger partial charge on any atom is 0.411 e. The van der Waals surface area contributed by atoms with Crippen LogP contribution in [0.25, 0.3) is 0 Å². The smallest absolute Gasteiger partial charge is 0.411 e. The highest BCUT2D eigenvalue weighted by atomic mass is 16.6. The second kappa shape index (κ2) is 3.61. The summed E-state index contributed by atoms with van der Waals surface area (Å²) in [6.07, 6.45) is -0.871. The van der Waals surface area contributed by atoms with Gasteiger partial charge in [-0.25, -0.2) is 9.59 Å². The summed E-state index contributed by atoms with van der Waals surface area (Å²) in [6.45, 7) is 4.91. The van der Waals surface area contributed by atoms with Crippen LogP contribution in [0.3, 0.4) is 0 Å². The SMILES string of the molecule is CC(C)(C)OC(=O)N1CC2(C(=O)O)CC1(C(=O)O)C2. The first kappa shape index (κ1) is 13.6. The van der Waals surface area contributed by atoms with Crippen LogP contribution < -0.4 is 0 Å². The van der Waals surface area contributed by atoms with Gasteiger partial charge >= 0.3 is 18.0 Å². The van der Waals surface area contributed by atoms with Crippen molar-refractivity contribution in [1.29, 1.82) is 0 Å². The zero-order valence-corrected chi connectivity index (χ0v) is 11.1. The molecule has 106 valence electrons. The van der Waals surface area contributed by atoms with Crippen molar-refractivity contribution >= 4 is 18.0 Å². The van der Waals surface area contributed by atoms with Crippen LogP contribution in [0.2, 0.25) is 0 Å². The van der Waals surface area contributed by atoms with Gasteiger partial charge in [0.25, 0.3) is 0 Å². The van der Waals surface area contributed by atoms with Gasteiger partial charge in [-0.05, 0) is 33.6 Å². The van der Waals surface area contributed by atoms with E-state index in [1.54, 1.807) is 20.8 Å². The van der Waals surface area contributed by atoms with Crippen LogP contribution >= 0.6 is 0 Å². The summed E-state index contributed by atoms with van der Waals surface area (Å²) >= 11 is 0. The maximum absolute atomic E-state index is 12.0. The lowest BCUT2D eigenvalue weighted by Gasteiger charge is -2.41. The van der Waals surface area contributed by atoms with Crippen molar-refractivity contribution in [3.63, 3.8) is 0 Å². The number of carbonyl (C=O) groups excluding carboxylic acids is 1. The average Bonchev–Trinajstić information content (AvgIpc) is 2.64. The van der Waals surface area contributed by atoms with Gasteiger partial charge in [0, 0.05) is 6.54 Å². The van der Waals surface area contributed by atoms with Gasteiger partial charge in [0.2, 0.25) is 0 Å². The first-order chi connectivity index (χ1) is 8.52. The van der Waals surface area contributed by atoms with E-state index in [1.807, 2.05) is 0 Å².